The van der Waals surface area contributed by atoms with Crippen molar-refractivity contribution in [1.29, 1.82) is 0 Å². The lowest BCUT2D eigenvalue weighted by atomic mass is 9.93. The summed E-state index contributed by atoms with van der Waals surface area (Å²) in [6.07, 6.45) is 5.46. The first-order valence-electron chi connectivity index (χ1n) is 6.97. The second-order valence-electron chi connectivity index (χ2n) is 5.09. The molecule has 0 amide bonds. The van der Waals surface area contributed by atoms with E-state index in [4.69, 9.17) is 9.47 Å². The maximum atomic E-state index is 5.97. The van der Waals surface area contributed by atoms with Crippen LogP contribution in [0.3, 0.4) is 0 Å². The molecule has 1 aliphatic carbocycles. The fourth-order valence-corrected chi connectivity index (χ4v) is 2.69. The van der Waals surface area contributed by atoms with Gasteiger partial charge in [0, 0.05) is 25.7 Å². The van der Waals surface area contributed by atoms with Crippen LogP contribution in [-0.4, -0.2) is 63.5 Å². The molecule has 4 nitrogen and oxygen atoms in total. The van der Waals surface area contributed by atoms with Gasteiger partial charge in [-0.15, -0.1) is 0 Å². The maximum absolute atomic E-state index is 5.97. The Balaban J connectivity index is 1.53. The molecule has 0 bridgehead atoms. The van der Waals surface area contributed by atoms with Crippen molar-refractivity contribution >= 4 is 0 Å². The molecule has 1 heterocycles. The first kappa shape index (κ1) is 13.3. The van der Waals surface area contributed by atoms with E-state index in [0.717, 1.165) is 39.5 Å². The van der Waals surface area contributed by atoms with Gasteiger partial charge in [0.25, 0.3) is 0 Å². The van der Waals surface area contributed by atoms with E-state index in [0.29, 0.717) is 12.1 Å². The topological polar surface area (TPSA) is 33.7 Å². The minimum Gasteiger partial charge on any atom is -0.379 e. The third-order valence-corrected chi connectivity index (χ3v) is 3.95. The largest absolute Gasteiger partial charge is 0.379 e. The summed E-state index contributed by atoms with van der Waals surface area (Å²) in [6.45, 7) is 5.84. The molecular formula is C13H26N2O2. The number of nitrogens with zero attached hydrogens (tertiary/aromatic N) is 1. The van der Waals surface area contributed by atoms with Gasteiger partial charge in [-0.1, -0.05) is 0 Å². The predicted octanol–water partition coefficient (Wildman–Crippen LogP) is 0.866. The lowest BCUT2D eigenvalue weighted by Crippen LogP contribution is -2.39. The van der Waals surface area contributed by atoms with E-state index in [1.807, 2.05) is 0 Å². The third kappa shape index (κ3) is 4.54. The number of hydrogen-bond acceptors (Lipinski definition) is 4. The first-order valence-corrected chi connectivity index (χ1v) is 6.97. The van der Waals surface area contributed by atoms with Crippen LogP contribution < -0.4 is 5.32 Å². The summed E-state index contributed by atoms with van der Waals surface area (Å²) in [5.41, 5.74) is 0. The van der Waals surface area contributed by atoms with Crippen LogP contribution in [0.2, 0.25) is 0 Å². The standard InChI is InChI=1S/C13H26N2O2/c1-14-12-2-4-13(5-3-12)17-11-8-15-6-9-16-10-7-15/h12-14H,2-11H2,1H3/t12-,13-. The average molecular weight is 242 g/mol. The zero-order valence-electron chi connectivity index (χ0n) is 11.0. The highest BCUT2D eigenvalue weighted by Crippen LogP contribution is 2.20. The van der Waals surface area contributed by atoms with Gasteiger partial charge in [0.15, 0.2) is 0 Å². The highest BCUT2D eigenvalue weighted by Gasteiger charge is 2.20. The molecule has 1 N–H and O–H groups in total. The number of hydrogen-bond donors (Lipinski definition) is 1. The third-order valence-electron chi connectivity index (χ3n) is 3.95. The zero-order valence-corrected chi connectivity index (χ0v) is 11.0. The van der Waals surface area contributed by atoms with E-state index >= 15 is 0 Å². The average Bonchev–Trinajstić information content (AvgIpc) is 2.41. The summed E-state index contributed by atoms with van der Waals surface area (Å²) in [7, 11) is 2.06. The molecule has 0 radical (unpaired) electrons. The lowest BCUT2D eigenvalue weighted by molar-refractivity contribution is -0.0107. The van der Waals surface area contributed by atoms with E-state index in [1.54, 1.807) is 0 Å². The molecule has 1 aliphatic heterocycles. The quantitative estimate of drug-likeness (QED) is 0.775. The smallest absolute Gasteiger partial charge is 0.0597 e. The highest BCUT2D eigenvalue weighted by atomic mass is 16.5. The molecule has 0 atom stereocenters. The Morgan fingerprint density at radius 2 is 1.88 bits per heavy atom. The van der Waals surface area contributed by atoms with Gasteiger partial charge in [0.05, 0.1) is 25.9 Å². The lowest BCUT2D eigenvalue weighted by Gasteiger charge is -2.30. The predicted molar refractivity (Wildman–Crippen MR) is 68.3 cm³/mol. The minimum absolute atomic E-state index is 0.501. The summed E-state index contributed by atoms with van der Waals surface area (Å²) in [4.78, 5) is 2.43. The van der Waals surface area contributed by atoms with Gasteiger partial charge in [-0.05, 0) is 32.7 Å². The van der Waals surface area contributed by atoms with Crippen molar-refractivity contribution < 1.29 is 9.47 Å². The SMILES string of the molecule is CN[C@H]1CC[C@H](OCCN2CCOCC2)CC1. The fraction of sp³-hybridized carbons (Fsp3) is 1.00. The van der Waals surface area contributed by atoms with Gasteiger partial charge in [0.1, 0.15) is 0 Å². The van der Waals surface area contributed by atoms with Crippen molar-refractivity contribution in [2.45, 2.75) is 37.8 Å². The second-order valence-corrected chi connectivity index (χ2v) is 5.09. The monoisotopic (exact) mass is 242 g/mol. The summed E-state index contributed by atoms with van der Waals surface area (Å²) in [5, 5.41) is 3.35. The van der Waals surface area contributed by atoms with Gasteiger partial charge >= 0.3 is 0 Å². The minimum atomic E-state index is 0.501. The molecule has 0 unspecified atom stereocenters. The summed E-state index contributed by atoms with van der Waals surface area (Å²) in [5.74, 6) is 0. The number of morpholine rings is 1. The summed E-state index contributed by atoms with van der Waals surface area (Å²) < 4.78 is 11.3. The Bertz CT molecular complexity index is 200. The van der Waals surface area contributed by atoms with Crippen molar-refractivity contribution in [3.8, 4) is 0 Å². The van der Waals surface area contributed by atoms with Gasteiger partial charge < -0.3 is 14.8 Å². The van der Waals surface area contributed by atoms with Crippen molar-refractivity contribution in [3.63, 3.8) is 0 Å². The van der Waals surface area contributed by atoms with Crippen LogP contribution in [0.1, 0.15) is 25.7 Å². The van der Waals surface area contributed by atoms with Crippen molar-refractivity contribution in [2.24, 2.45) is 0 Å². The Hall–Kier alpha value is -0.160. The van der Waals surface area contributed by atoms with Gasteiger partial charge in [-0.25, -0.2) is 0 Å². The Morgan fingerprint density at radius 1 is 1.18 bits per heavy atom. The van der Waals surface area contributed by atoms with E-state index in [2.05, 4.69) is 17.3 Å². The molecule has 1 saturated carbocycles. The van der Waals surface area contributed by atoms with E-state index in [9.17, 15) is 0 Å². The number of rotatable bonds is 5. The Kier molecular flexibility index (Phi) is 5.71. The van der Waals surface area contributed by atoms with Gasteiger partial charge in [-0.3, -0.25) is 4.90 Å². The van der Waals surface area contributed by atoms with Crippen LogP contribution in [0.25, 0.3) is 0 Å². The molecular weight excluding hydrogens is 216 g/mol. The van der Waals surface area contributed by atoms with Gasteiger partial charge in [-0.2, -0.15) is 0 Å². The highest BCUT2D eigenvalue weighted by molar-refractivity contribution is 4.76. The van der Waals surface area contributed by atoms with Crippen LogP contribution in [0.4, 0.5) is 0 Å². The van der Waals surface area contributed by atoms with Crippen LogP contribution in [-0.2, 0) is 9.47 Å². The maximum Gasteiger partial charge on any atom is 0.0597 e. The van der Waals surface area contributed by atoms with Crippen molar-refractivity contribution in [2.75, 3.05) is 46.5 Å². The molecule has 0 aromatic heterocycles. The van der Waals surface area contributed by atoms with Crippen LogP contribution >= 0.6 is 0 Å². The summed E-state index contributed by atoms with van der Waals surface area (Å²) >= 11 is 0. The zero-order chi connectivity index (χ0) is 11.9. The Labute approximate surface area is 105 Å². The number of ether oxygens (including phenoxy) is 2. The van der Waals surface area contributed by atoms with Crippen LogP contribution in [0, 0.1) is 0 Å². The molecule has 2 fully saturated rings. The van der Waals surface area contributed by atoms with Crippen molar-refractivity contribution in [1.82, 2.24) is 10.2 Å². The molecule has 100 valence electrons. The molecule has 0 spiro atoms. The normalized spacial score (nSPS) is 31.6. The van der Waals surface area contributed by atoms with Crippen LogP contribution in [0.5, 0.6) is 0 Å². The van der Waals surface area contributed by atoms with Gasteiger partial charge in [0.2, 0.25) is 0 Å². The van der Waals surface area contributed by atoms with E-state index in [-0.39, 0.29) is 0 Å². The van der Waals surface area contributed by atoms with E-state index in [1.165, 1.54) is 25.7 Å². The summed E-state index contributed by atoms with van der Waals surface area (Å²) in [6, 6.07) is 0.717. The molecule has 4 heteroatoms. The molecule has 1 saturated heterocycles. The van der Waals surface area contributed by atoms with E-state index < -0.39 is 0 Å². The molecule has 0 aromatic carbocycles. The molecule has 2 rings (SSSR count). The number of nitrogens with one attached hydrogen (secondary N) is 1. The molecule has 0 aromatic rings. The molecule has 17 heavy (non-hydrogen) atoms. The Morgan fingerprint density at radius 3 is 2.53 bits per heavy atom. The second kappa shape index (κ2) is 7.31. The van der Waals surface area contributed by atoms with Crippen LogP contribution in [0.15, 0.2) is 0 Å². The van der Waals surface area contributed by atoms with Crippen molar-refractivity contribution in [3.05, 3.63) is 0 Å². The first-order chi connectivity index (χ1) is 8.38. The fourth-order valence-electron chi connectivity index (χ4n) is 2.69. The molecule has 2 aliphatic rings.